The van der Waals surface area contributed by atoms with Crippen LogP contribution in [0.5, 0.6) is 11.5 Å². The van der Waals surface area contributed by atoms with Crippen LogP contribution in [0.4, 0.5) is 11.4 Å². The molecule has 0 amide bonds. The molecule has 14 heteroatoms. The first-order chi connectivity index (χ1) is 19.0. The lowest BCUT2D eigenvalue weighted by Crippen LogP contribution is -2.40. The van der Waals surface area contributed by atoms with E-state index in [0.29, 0.717) is 11.1 Å². The maximum atomic E-state index is 13.8. The van der Waals surface area contributed by atoms with Gasteiger partial charge in [0.15, 0.2) is 4.80 Å². The highest BCUT2D eigenvalue weighted by Crippen LogP contribution is 2.35. The van der Waals surface area contributed by atoms with Gasteiger partial charge in [0.1, 0.15) is 5.75 Å². The number of esters is 1. The van der Waals surface area contributed by atoms with Crippen LogP contribution in [0, 0.1) is 27.2 Å². The summed E-state index contributed by atoms with van der Waals surface area (Å²) < 4.78 is 17.1. The summed E-state index contributed by atoms with van der Waals surface area (Å²) in [7, 11) is 2.66. The van der Waals surface area contributed by atoms with E-state index in [-0.39, 0.29) is 55.6 Å². The summed E-state index contributed by atoms with van der Waals surface area (Å²) in [4.78, 5) is 53.7. The van der Waals surface area contributed by atoms with Crippen LogP contribution in [0.15, 0.2) is 51.4 Å². The van der Waals surface area contributed by atoms with Crippen molar-refractivity contribution >= 4 is 34.8 Å². The van der Waals surface area contributed by atoms with Gasteiger partial charge in [-0.2, -0.15) is 0 Å². The van der Waals surface area contributed by atoms with Gasteiger partial charge in [0.05, 0.1) is 52.5 Å². The highest BCUT2D eigenvalue weighted by Gasteiger charge is 2.34. The van der Waals surface area contributed by atoms with E-state index in [9.17, 15) is 29.8 Å². The van der Waals surface area contributed by atoms with Gasteiger partial charge in [-0.3, -0.25) is 29.6 Å². The Balaban J connectivity index is 2.02. The van der Waals surface area contributed by atoms with Crippen molar-refractivity contribution in [2.75, 3.05) is 20.8 Å². The predicted molar refractivity (Wildman–Crippen MR) is 144 cm³/mol. The van der Waals surface area contributed by atoms with Crippen molar-refractivity contribution in [1.29, 1.82) is 0 Å². The fourth-order valence-electron chi connectivity index (χ4n) is 4.40. The number of fused-ring (bicyclic) bond motifs is 1. The second kappa shape index (κ2) is 11.1. The predicted octanol–water partition coefficient (Wildman–Crippen LogP) is 2.94. The van der Waals surface area contributed by atoms with Crippen LogP contribution in [0.25, 0.3) is 6.08 Å². The maximum absolute atomic E-state index is 13.8. The van der Waals surface area contributed by atoms with Crippen LogP contribution in [0.3, 0.4) is 0 Å². The molecule has 1 aromatic heterocycles. The van der Waals surface area contributed by atoms with E-state index >= 15 is 0 Å². The van der Waals surface area contributed by atoms with Gasteiger partial charge in [-0.1, -0.05) is 23.5 Å². The van der Waals surface area contributed by atoms with E-state index in [0.717, 1.165) is 11.3 Å². The summed E-state index contributed by atoms with van der Waals surface area (Å²) in [6.45, 7) is 4.88. The van der Waals surface area contributed by atoms with Gasteiger partial charge in [0.25, 0.3) is 11.2 Å². The third-order valence-electron chi connectivity index (χ3n) is 6.28. The van der Waals surface area contributed by atoms with Crippen molar-refractivity contribution in [2.45, 2.75) is 26.8 Å². The zero-order chi connectivity index (χ0) is 29.3. The number of nitrogens with zero attached hydrogens (tertiary/aromatic N) is 4. The number of methoxy groups -OCH3 is 2. The smallest absolute Gasteiger partial charge is 0.338 e. The van der Waals surface area contributed by atoms with E-state index in [2.05, 4.69) is 4.99 Å². The molecule has 0 spiro atoms. The molecule has 3 aromatic rings. The molecule has 0 saturated carbocycles. The number of hydrogen-bond acceptors (Lipinski definition) is 11. The summed E-state index contributed by atoms with van der Waals surface area (Å²) in [5, 5.41) is 23.3. The average Bonchev–Trinajstić information content (AvgIpc) is 3.21. The number of aryl methyl sites for hydroxylation is 1. The molecule has 4 rings (SSSR count). The second-order valence-electron chi connectivity index (χ2n) is 8.63. The number of allylic oxidation sites excluding steroid dienone is 1. The summed E-state index contributed by atoms with van der Waals surface area (Å²) in [5.41, 5.74) is 0.262. The summed E-state index contributed by atoms with van der Waals surface area (Å²) in [6, 6.07) is 5.99. The molecule has 2 heterocycles. The number of benzene rings is 2. The lowest BCUT2D eigenvalue weighted by molar-refractivity contribution is -0.385. The Morgan fingerprint density at radius 3 is 2.35 bits per heavy atom. The molecule has 1 aliphatic rings. The van der Waals surface area contributed by atoms with E-state index in [1.807, 2.05) is 0 Å². The van der Waals surface area contributed by atoms with Gasteiger partial charge < -0.3 is 14.2 Å². The van der Waals surface area contributed by atoms with Crippen LogP contribution in [0.1, 0.15) is 36.6 Å². The van der Waals surface area contributed by atoms with Crippen LogP contribution in [-0.4, -0.2) is 41.2 Å². The topological polar surface area (TPSA) is 165 Å². The van der Waals surface area contributed by atoms with Crippen LogP contribution < -0.4 is 24.4 Å². The average molecular weight is 569 g/mol. The van der Waals surface area contributed by atoms with Gasteiger partial charge in [-0.15, -0.1) is 0 Å². The van der Waals surface area contributed by atoms with Crippen molar-refractivity contribution in [3.05, 3.63) is 98.2 Å². The molecule has 1 aliphatic heterocycles. The minimum atomic E-state index is -1.07. The normalized spacial score (nSPS) is 14.8. The van der Waals surface area contributed by atoms with Gasteiger partial charge in [-0.05, 0) is 32.4 Å². The lowest BCUT2D eigenvalue weighted by Gasteiger charge is -2.24. The van der Waals surface area contributed by atoms with Gasteiger partial charge in [0.2, 0.25) is 5.75 Å². The SMILES string of the molecule is CCOC(=O)C1=C(C)N=c2s/c(=C/c3cc([N+](=O)[O-])c(OC)cc3OC)c(=O)n2[C@@H]1c1ccc(C)c([N+](=O)[O-])c1. The fraction of sp³-hybridized carbons (Fsp3) is 0.269. The molecular formula is C26H24N4O9S. The number of carbonyl (C=O) groups excluding carboxylic acids is 1. The monoisotopic (exact) mass is 568 g/mol. The zero-order valence-electron chi connectivity index (χ0n) is 22.1. The molecule has 13 nitrogen and oxygen atoms in total. The highest BCUT2D eigenvalue weighted by atomic mass is 32.1. The minimum absolute atomic E-state index is 0.0175. The van der Waals surface area contributed by atoms with Crippen molar-refractivity contribution in [3.63, 3.8) is 0 Å². The second-order valence-corrected chi connectivity index (χ2v) is 9.64. The molecule has 0 aliphatic carbocycles. The fourth-order valence-corrected chi connectivity index (χ4v) is 5.44. The Kier molecular flexibility index (Phi) is 7.81. The van der Waals surface area contributed by atoms with E-state index in [1.165, 1.54) is 43.1 Å². The van der Waals surface area contributed by atoms with Gasteiger partial charge >= 0.3 is 11.7 Å². The zero-order valence-corrected chi connectivity index (χ0v) is 22.9. The van der Waals surface area contributed by atoms with Crippen LogP contribution >= 0.6 is 11.3 Å². The Hall–Kier alpha value is -4.85. The number of carbonyl (C=O) groups is 1. The molecule has 1 atom stereocenters. The lowest BCUT2D eigenvalue weighted by atomic mass is 9.94. The van der Waals surface area contributed by atoms with Crippen LogP contribution in [0.2, 0.25) is 0 Å². The molecule has 0 N–H and O–H groups in total. The molecule has 0 bridgehead atoms. The molecule has 2 aromatic carbocycles. The number of nitro benzene ring substituents is 2. The van der Waals surface area contributed by atoms with Crippen molar-refractivity contribution < 1.29 is 28.9 Å². The number of thiazole rings is 1. The first-order valence-electron chi connectivity index (χ1n) is 11.9. The quantitative estimate of drug-likeness (QED) is 0.226. The number of hydrogen-bond donors (Lipinski definition) is 0. The van der Waals surface area contributed by atoms with Crippen molar-refractivity contribution in [1.82, 2.24) is 4.57 Å². The van der Waals surface area contributed by atoms with Crippen LogP contribution in [-0.2, 0) is 9.53 Å². The molecule has 40 heavy (non-hydrogen) atoms. The Morgan fingerprint density at radius 1 is 1.07 bits per heavy atom. The number of ether oxygens (including phenoxy) is 3. The molecular weight excluding hydrogens is 544 g/mol. The Bertz CT molecular complexity index is 1770. The minimum Gasteiger partial charge on any atom is -0.496 e. The maximum Gasteiger partial charge on any atom is 0.338 e. The Morgan fingerprint density at radius 2 is 1.75 bits per heavy atom. The molecule has 0 radical (unpaired) electrons. The number of rotatable bonds is 8. The third kappa shape index (κ3) is 4.96. The highest BCUT2D eigenvalue weighted by molar-refractivity contribution is 7.07. The van der Waals surface area contributed by atoms with E-state index in [4.69, 9.17) is 14.2 Å². The summed E-state index contributed by atoms with van der Waals surface area (Å²) in [5.74, 6) is -0.503. The van der Waals surface area contributed by atoms with Crippen molar-refractivity contribution in [2.24, 2.45) is 4.99 Å². The molecule has 0 fully saturated rings. The van der Waals surface area contributed by atoms with E-state index in [1.54, 1.807) is 32.9 Å². The van der Waals surface area contributed by atoms with Gasteiger partial charge in [-0.25, -0.2) is 9.79 Å². The standard InChI is InChI=1S/C26H24N4O9S/c1-6-39-25(32)22-14(3)27-26-28(23(22)15-8-7-13(2)17(9-15)29(33)34)24(31)21(40-26)11-16-10-18(30(35)36)20(38-5)12-19(16)37-4/h7-12,23H,6H2,1-5H3/b21-11+/t23-/m1/s1. The van der Waals surface area contributed by atoms with Gasteiger partial charge in [0, 0.05) is 29.3 Å². The first kappa shape index (κ1) is 28.2. The Labute approximate surface area is 230 Å². The largest absolute Gasteiger partial charge is 0.496 e. The molecule has 0 saturated heterocycles. The third-order valence-corrected chi connectivity index (χ3v) is 7.26. The molecule has 0 unspecified atom stereocenters. The number of nitro groups is 2. The molecule has 208 valence electrons. The summed E-state index contributed by atoms with van der Waals surface area (Å²) >= 11 is 0.995. The van der Waals surface area contributed by atoms with E-state index < -0.39 is 27.4 Å². The first-order valence-corrected chi connectivity index (χ1v) is 12.7. The van der Waals surface area contributed by atoms with Crippen molar-refractivity contribution in [3.8, 4) is 11.5 Å². The number of aromatic nitrogens is 1. The summed E-state index contributed by atoms with van der Waals surface area (Å²) in [6.07, 6.45) is 1.42.